The first-order valence-corrected chi connectivity index (χ1v) is 11.9. The van der Waals surface area contributed by atoms with Crippen molar-refractivity contribution in [2.75, 3.05) is 13.2 Å². The summed E-state index contributed by atoms with van der Waals surface area (Å²) in [6, 6.07) is 8.11. The highest BCUT2D eigenvalue weighted by Crippen LogP contribution is 2.59. The van der Waals surface area contributed by atoms with Crippen LogP contribution in [0.25, 0.3) is 0 Å². The summed E-state index contributed by atoms with van der Waals surface area (Å²) in [7, 11) is 0. The molecule has 1 aromatic rings. The van der Waals surface area contributed by atoms with Gasteiger partial charge in [0.15, 0.2) is 0 Å². The van der Waals surface area contributed by atoms with E-state index in [2.05, 4.69) is 5.32 Å². The summed E-state index contributed by atoms with van der Waals surface area (Å²) in [5.74, 6) is -2.35. The molecular formula is C25H34N2O6. The van der Waals surface area contributed by atoms with Crippen molar-refractivity contribution in [2.24, 2.45) is 17.8 Å². The molecule has 2 bridgehead atoms. The first kappa shape index (κ1) is 23.7. The van der Waals surface area contributed by atoms with Crippen LogP contribution in [-0.4, -0.2) is 64.8 Å². The third-order valence-electron chi connectivity index (χ3n) is 7.20. The molecule has 6 atom stereocenters. The molecule has 3 aliphatic heterocycles. The monoisotopic (exact) mass is 458 g/mol. The molecule has 0 radical (unpaired) electrons. The van der Waals surface area contributed by atoms with E-state index >= 15 is 0 Å². The van der Waals surface area contributed by atoms with E-state index in [1.165, 1.54) is 4.90 Å². The second-order valence-corrected chi connectivity index (χ2v) is 9.72. The molecule has 1 spiro atoms. The molecule has 8 heteroatoms. The number of nitrogens with one attached hydrogen (secondary N) is 1. The summed E-state index contributed by atoms with van der Waals surface area (Å²) in [6.07, 6.45) is 1.23. The Morgan fingerprint density at radius 1 is 1.30 bits per heavy atom. The molecule has 2 N–H and O–H groups in total. The molecular weight excluding hydrogens is 424 g/mol. The van der Waals surface area contributed by atoms with Crippen molar-refractivity contribution in [3.8, 4) is 0 Å². The van der Waals surface area contributed by atoms with Crippen LogP contribution in [0.15, 0.2) is 30.3 Å². The summed E-state index contributed by atoms with van der Waals surface area (Å²) >= 11 is 0. The summed E-state index contributed by atoms with van der Waals surface area (Å²) < 4.78 is 11.6. The average molecular weight is 459 g/mol. The van der Waals surface area contributed by atoms with Crippen molar-refractivity contribution < 1.29 is 29.0 Å². The second-order valence-electron chi connectivity index (χ2n) is 9.72. The quantitative estimate of drug-likeness (QED) is 0.545. The normalized spacial score (nSPS) is 31.1. The van der Waals surface area contributed by atoms with Crippen LogP contribution in [0.5, 0.6) is 0 Å². The first-order chi connectivity index (χ1) is 15.8. The predicted octanol–water partition coefficient (Wildman–Crippen LogP) is 1.65. The maximum atomic E-state index is 13.8. The molecule has 3 saturated heterocycles. The number of fused-ring (bicyclic) bond motifs is 1. The maximum absolute atomic E-state index is 13.8. The summed E-state index contributed by atoms with van der Waals surface area (Å²) in [5.41, 5.74) is -0.137. The Balaban J connectivity index is 1.68. The minimum Gasteiger partial charge on any atom is -0.466 e. The van der Waals surface area contributed by atoms with Gasteiger partial charge in [-0.15, -0.1) is 0 Å². The Labute approximate surface area is 194 Å². The number of hydrogen-bond donors (Lipinski definition) is 2. The lowest BCUT2D eigenvalue weighted by Gasteiger charge is -2.37. The zero-order valence-electron chi connectivity index (χ0n) is 19.5. The van der Waals surface area contributed by atoms with Gasteiger partial charge in [-0.3, -0.25) is 14.4 Å². The van der Waals surface area contributed by atoms with E-state index in [9.17, 15) is 19.5 Å². The van der Waals surface area contributed by atoms with Gasteiger partial charge in [-0.1, -0.05) is 44.2 Å². The fraction of sp³-hybridized carbons (Fsp3) is 0.640. The summed E-state index contributed by atoms with van der Waals surface area (Å²) in [5, 5.41) is 13.2. The molecule has 0 unspecified atom stereocenters. The fourth-order valence-corrected chi connectivity index (χ4v) is 5.99. The highest BCUT2D eigenvalue weighted by Gasteiger charge is 2.75. The van der Waals surface area contributed by atoms with Crippen molar-refractivity contribution in [2.45, 2.75) is 70.4 Å². The van der Waals surface area contributed by atoms with Crippen molar-refractivity contribution in [1.82, 2.24) is 10.2 Å². The molecule has 8 nitrogen and oxygen atoms in total. The van der Waals surface area contributed by atoms with E-state index in [0.29, 0.717) is 25.8 Å². The molecule has 0 aliphatic carbocycles. The number of carbonyl (C=O) groups excluding carboxylic acids is 3. The van der Waals surface area contributed by atoms with Crippen LogP contribution in [0.4, 0.5) is 0 Å². The van der Waals surface area contributed by atoms with Gasteiger partial charge in [0, 0.05) is 6.54 Å². The summed E-state index contributed by atoms with van der Waals surface area (Å²) in [6.45, 7) is 6.02. The second kappa shape index (κ2) is 9.43. The first-order valence-electron chi connectivity index (χ1n) is 11.9. The van der Waals surface area contributed by atoms with Gasteiger partial charge >= 0.3 is 5.97 Å². The number of esters is 1. The molecule has 0 saturated carbocycles. The van der Waals surface area contributed by atoms with Gasteiger partial charge in [0.25, 0.3) is 0 Å². The standard InChI is InChI=1S/C25H34N2O6/c1-4-32-24(31)19-18-10-11-25(33-18)20(19)23(30)27(17(14-28)12-15(2)3)21(25)22(29)26-13-16-8-6-5-7-9-16/h5-9,15,17-21,28H,4,10-14H2,1-3H3,(H,26,29)/t17-,18-,19+,20+,21-,25+/m1/s1. The largest absolute Gasteiger partial charge is 0.466 e. The summed E-state index contributed by atoms with van der Waals surface area (Å²) in [4.78, 5) is 41.8. The fourth-order valence-electron chi connectivity index (χ4n) is 5.99. The van der Waals surface area contributed by atoms with Gasteiger partial charge in [0.05, 0.1) is 37.2 Å². The van der Waals surface area contributed by atoms with Crippen molar-refractivity contribution in [3.05, 3.63) is 35.9 Å². The molecule has 3 aliphatic rings. The van der Waals surface area contributed by atoms with Crippen LogP contribution in [0, 0.1) is 17.8 Å². The molecule has 2 amide bonds. The lowest BCUT2D eigenvalue weighted by Crippen LogP contribution is -2.58. The molecule has 180 valence electrons. The van der Waals surface area contributed by atoms with Crippen molar-refractivity contribution in [1.29, 1.82) is 0 Å². The zero-order chi connectivity index (χ0) is 23.8. The molecule has 4 rings (SSSR count). The third-order valence-corrected chi connectivity index (χ3v) is 7.20. The number of aliphatic hydroxyl groups is 1. The highest BCUT2D eigenvalue weighted by atomic mass is 16.6. The number of ether oxygens (including phenoxy) is 2. The number of likely N-dealkylation sites (tertiary alicyclic amines) is 1. The SMILES string of the molecule is CCOC(=O)[C@@H]1[C@H]2C(=O)N([C@@H](CO)CC(C)C)[C@H](C(=O)NCc3ccccc3)[C@]23CC[C@H]1O3. The van der Waals surface area contributed by atoms with Crippen molar-refractivity contribution >= 4 is 17.8 Å². The van der Waals surface area contributed by atoms with E-state index < -0.39 is 41.6 Å². The van der Waals surface area contributed by atoms with E-state index in [1.54, 1.807) is 6.92 Å². The van der Waals surface area contributed by atoms with Crippen LogP contribution >= 0.6 is 0 Å². The third kappa shape index (κ3) is 4.04. The Morgan fingerprint density at radius 2 is 2.03 bits per heavy atom. The van der Waals surface area contributed by atoms with Crippen LogP contribution < -0.4 is 5.32 Å². The molecule has 0 aromatic heterocycles. The number of rotatable bonds is 9. The van der Waals surface area contributed by atoms with Gasteiger partial charge in [0.1, 0.15) is 11.6 Å². The average Bonchev–Trinajstić information content (AvgIpc) is 3.44. The minimum absolute atomic E-state index is 0.207. The Bertz CT molecular complexity index is 890. The Hall–Kier alpha value is -2.45. The Morgan fingerprint density at radius 3 is 2.67 bits per heavy atom. The number of hydrogen-bond acceptors (Lipinski definition) is 6. The van der Waals surface area contributed by atoms with Crippen LogP contribution in [-0.2, 0) is 30.4 Å². The van der Waals surface area contributed by atoms with E-state index in [4.69, 9.17) is 9.47 Å². The van der Waals surface area contributed by atoms with E-state index in [-0.39, 0.29) is 30.9 Å². The van der Waals surface area contributed by atoms with Crippen LogP contribution in [0.1, 0.15) is 45.6 Å². The highest BCUT2D eigenvalue weighted by molar-refractivity contribution is 5.98. The van der Waals surface area contributed by atoms with Gasteiger partial charge in [-0.05, 0) is 37.7 Å². The lowest BCUT2D eigenvalue weighted by atomic mass is 9.71. The number of aliphatic hydroxyl groups excluding tert-OH is 1. The molecule has 1 aromatic carbocycles. The minimum atomic E-state index is -1.08. The van der Waals surface area contributed by atoms with Gasteiger partial charge < -0.3 is 24.8 Å². The smallest absolute Gasteiger partial charge is 0.312 e. The van der Waals surface area contributed by atoms with Gasteiger partial charge in [0.2, 0.25) is 11.8 Å². The van der Waals surface area contributed by atoms with Crippen LogP contribution in [0.3, 0.4) is 0 Å². The van der Waals surface area contributed by atoms with Crippen molar-refractivity contribution in [3.63, 3.8) is 0 Å². The number of amides is 2. The molecule has 33 heavy (non-hydrogen) atoms. The predicted molar refractivity (Wildman–Crippen MR) is 120 cm³/mol. The molecule has 3 fully saturated rings. The maximum Gasteiger partial charge on any atom is 0.312 e. The van der Waals surface area contributed by atoms with Crippen LogP contribution in [0.2, 0.25) is 0 Å². The van der Waals surface area contributed by atoms with E-state index in [0.717, 1.165) is 5.56 Å². The number of benzene rings is 1. The lowest BCUT2D eigenvalue weighted by molar-refractivity contribution is -0.155. The zero-order valence-corrected chi connectivity index (χ0v) is 19.5. The number of carbonyl (C=O) groups is 3. The van der Waals surface area contributed by atoms with Gasteiger partial charge in [-0.25, -0.2) is 0 Å². The molecule has 3 heterocycles. The van der Waals surface area contributed by atoms with E-state index in [1.807, 2.05) is 44.2 Å². The van der Waals surface area contributed by atoms with Gasteiger partial charge in [-0.2, -0.15) is 0 Å². The Kier molecular flexibility index (Phi) is 6.77. The number of nitrogens with zero attached hydrogens (tertiary/aromatic N) is 1. The topological polar surface area (TPSA) is 105 Å².